The van der Waals surface area contributed by atoms with E-state index in [0.717, 1.165) is 12.1 Å². The summed E-state index contributed by atoms with van der Waals surface area (Å²) in [5.74, 6) is -1.58. The minimum Gasteiger partial charge on any atom is -0.367 e. The summed E-state index contributed by atoms with van der Waals surface area (Å²) in [6.07, 6.45) is 0. The number of para-hydroxylation sites is 1. The highest BCUT2D eigenvalue weighted by atomic mass is 32.2. The summed E-state index contributed by atoms with van der Waals surface area (Å²) in [5.41, 5.74) is 0.478. The number of hydrogen-bond donors (Lipinski definition) is 0. The molecule has 0 aliphatic carbocycles. The van der Waals surface area contributed by atoms with Gasteiger partial charge in [0.05, 0.1) is 27.3 Å². The maximum atomic E-state index is 14.1. The van der Waals surface area contributed by atoms with E-state index < -0.39 is 42.5 Å². The van der Waals surface area contributed by atoms with Crippen molar-refractivity contribution in [2.24, 2.45) is 0 Å². The molecule has 0 amide bonds. The third kappa shape index (κ3) is 4.08. The number of anilines is 1. The van der Waals surface area contributed by atoms with Crippen molar-refractivity contribution in [2.45, 2.75) is 16.2 Å². The Morgan fingerprint density at radius 3 is 2.13 bits per heavy atom. The van der Waals surface area contributed by atoms with E-state index in [-0.39, 0.29) is 16.5 Å². The zero-order valence-electron chi connectivity index (χ0n) is 16.1. The Morgan fingerprint density at radius 1 is 0.867 bits per heavy atom. The van der Waals surface area contributed by atoms with E-state index >= 15 is 0 Å². The van der Waals surface area contributed by atoms with Crippen LogP contribution in [0, 0.1) is 11.6 Å². The van der Waals surface area contributed by atoms with Crippen LogP contribution in [0.25, 0.3) is 0 Å². The quantitative estimate of drug-likeness (QED) is 0.653. The SMILES string of the molecule is O=S1(=O)C[C@H](N2CCN(c3ccccc3F)CC2)[C@@H](S(=O)(=O)c2ccc(F)cc2)C1. The van der Waals surface area contributed by atoms with E-state index in [1.807, 2.05) is 9.80 Å². The summed E-state index contributed by atoms with van der Waals surface area (Å²) >= 11 is 0. The molecule has 0 radical (unpaired) electrons. The molecule has 0 unspecified atom stereocenters. The molecule has 30 heavy (non-hydrogen) atoms. The molecule has 162 valence electrons. The lowest BCUT2D eigenvalue weighted by molar-refractivity contribution is 0.201. The zero-order chi connectivity index (χ0) is 21.5. The molecule has 10 heteroatoms. The van der Waals surface area contributed by atoms with E-state index in [0.29, 0.717) is 31.9 Å². The van der Waals surface area contributed by atoms with Gasteiger partial charge in [0.1, 0.15) is 11.6 Å². The first kappa shape index (κ1) is 21.2. The van der Waals surface area contributed by atoms with Gasteiger partial charge in [-0.05, 0) is 36.4 Å². The van der Waals surface area contributed by atoms with Crippen LogP contribution in [0.2, 0.25) is 0 Å². The lowest BCUT2D eigenvalue weighted by Gasteiger charge is -2.40. The monoisotopic (exact) mass is 456 g/mol. The molecule has 4 rings (SSSR count). The number of hydrogen-bond acceptors (Lipinski definition) is 6. The van der Waals surface area contributed by atoms with E-state index in [1.165, 1.54) is 18.2 Å². The number of halogens is 2. The van der Waals surface area contributed by atoms with Gasteiger partial charge in [-0.2, -0.15) is 0 Å². The highest BCUT2D eigenvalue weighted by molar-refractivity contribution is 7.96. The predicted octanol–water partition coefficient (Wildman–Crippen LogP) is 1.73. The van der Waals surface area contributed by atoms with Gasteiger partial charge in [-0.25, -0.2) is 25.6 Å². The first-order chi connectivity index (χ1) is 14.2. The zero-order valence-corrected chi connectivity index (χ0v) is 17.7. The lowest BCUT2D eigenvalue weighted by Crippen LogP contribution is -2.55. The average molecular weight is 457 g/mol. The van der Waals surface area contributed by atoms with Gasteiger partial charge in [0.2, 0.25) is 0 Å². The molecular weight excluding hydrogens is 434 g/mol. The number of sulfone groups is 2. The fourth-order valence-corrected chi connectivity index (χ4v) is 9.07. The molecule has 2 heterocycles. The smallest absolute Gasteiger partial charge is 0.183 e. The van der Waals surface area contributed by atoms with Crippen LogP contribution in [-0.4, -0.2) is 70.7 Å². The molecule has 0 saturated carbocycles. The van der Waals surface area contributed by atoms with Crippen LogP contribution in [0.3, 0.4) is 0 Å². The Balaban J connectivity index is 1.55. The molecule has 2 aromatic rings. The van der Waals surface area contributed by atoms with Crippen LogP contribution in [0.1, 0.15) is 0 Å². The Kier molecular flexibility index (Phi) is 5.58. The van der Waals surface area contributed by atoms with Crippen molar-refractivity contribution in [2.75, 3.05) is 42.6 Å². The second-order valence-electron chi connectivity index (χ2n) is 7.66. The fourth-order valence-electron chi connectivity index (χ4n) is 4.24. The van der Waals surface area contributed by atoms with Crippen molar-refractivity contribution in [3.8, 4) is 0 Å². The molecule has 2 atom stereocenters. The number of nitrogens with zero attached hydrogens (tertiary/aromatic N) is 2. The standard InChI is InChI=1S/C20H22F2N2O4S2/c21-15-5-7-16(8-6-15)30(27,28)20-14-29(25,26)13-19(20)24-11-9-23(10-12-24)18-4-2-1-3-17(18)22/h1-8,19-20H,9-14H2/t19-,20-/m0/s1. The Morgan fingerprint density at radius 2 is 1.50 bits per heavy atom. The fraction of sp³-hybridized carbons (Fsp3) is 0.400. The van der Waals surface area contributed by atoms with Crippen molar-refractivity contribution in [3.63, 3.8) is 0 Å². The number of benzene rings is 2. The third-order valence-electron chi connectivity index (χ3n) is 5.79. The van der Waals surface area contributed by atoms with Crippen LogP contribution in [-0.2, 0) is 19.7 Å². The van der Waals surface area contributed by atoms with Crippen molar-refractivity contribution in [3.05, 3.63) is 60.2 Å². The van der Waals surface area contributed by atoms with Crippen LogP contribution in [0.5, 0.6) is 0 Å². The maximum absolute atomic E-state index is 14.1. The second kappa shape index (κ2) is 7.90. The molecule has 2 aliphatic rings. The summed E-state index contributed by atoms with van der Waals surface area (Å²) in [6.45, 7) is 1.76. The molecule has 0 spiro atoms. The first-order valence-electron chi connectivity index (χ1n) is 9.61. The average Bonchev–Trinajstić information content (AvgIpc) is 3.05. The van der Waals surface area contributed by atoms with Crippen LogP contribution < -0.4 is 4.90 Å². The van der Waals surface area contributed by atoms with Crippen molar-refractivity contribution in [1.82, 2.24) is 4.90 Å². The lowest BCUT2D eigenvalue weighted by atomic mass is 10.1. The van der Waals surface area contributed by atoms with Crippen LogP contribution >= 0.6 is 0 Å². The van der Waals surface area contributed by atoms with Gasteiger partial charge in [-0.15, -0.1) is 0 Å². The first-order valence-corrected chi connectivity index (χ1v) is 13.0. The molecule has 0 aromatic heterocycles. The minimum absolute atomic E-state index is 0.0824. The van der Waals surface area contributed by atoms with Gasteiger partial charge in [-0.3, -0.25) is 4.90 Å². The number of rotatable bonds is 4. The van der Waals surface area contributed by atoms with E-state index in [1.54, 1.807) is 18.2 Å². The number of piperazine rings is 1. The summed E-state index contributed by atoms with van der Waals surface area (Å²) in [5, 5.41) is -1.12. The van der Waals surface area contributed by atoms with Crippen molar-refractivity contribution >= 4 is 25.4 Å². The van der Waals surface area contributed by atoms with Crippen molar-refractivity contribution < 1.29 is 25.6 Å². The van der Waals surface area contributed by atoms with E-state index in [9.17, 15) is 25.6 Å². The molecule has 2 aliphatic heterocycles. The third-order valence-corrected chi connectivity index (χ3v) is 9.92. The topological polar surface area (TPSA) is 74.8 Å². The minimum atomic E-state index is -3.96. The van der Waals surface area contributed by atoms with Crippen molar-refractivity contribution in [1.29, 1.82) is 0 Å². The molecule has 2 saturated heterocycles. The van der Waals surface area contributed by atoms with Crippen LogP contribution in [0.4, 0.5) is 14.5 Å². The summed E-state index contributed by atoms with van der Waals surface area (Å²) < 4.78 is 78.3. The summed E-state index contributed by atoms with van der Waals surface area (Å²) in [6, 6.07) is 10.2. The summed E-state index contributed by atoms with van der Waals surface area (Å²) in [4.78, 5) is 3.66. The van der Waals surface area contributed by atoms with Gasteiger partial charge in [0.15, 0.2) is 19.7 Å². The van der Waals surface area contributed by atoms with Crippen LogP contribution in [0.15, 0.2) is 53.4 Å². The molecular formula is C20H22F2N2O4S2. The van der Waals surface area contributed by atoms with Gasteiger partial charge in [0.25, 0.3) is 0 Å². The molecule has 6 nitrogen and oxygen atoms in total. The highest BCUT2D eigenvalue weighted by Gasteiger charge is 2.48. The molecule has 2 aromatic carbocycles. The molecule has 0 N–H and O–H groups in total. The Labute approximate surface area is 174 Å². The largest absolute Gasteiger partial charge is 0.367 e. The van der Waals surface area contributed by atoms with E-state index in [4.69, 9.17) is 0 Å². The van der Waals surface area contributed by atoms with Gasteiger partial charge in [-0.1, -0.05) is 12.1 Å². The summed E-state index contributed by atoms with van der Waals surface area (Å²) in [7, 11) is -7.49. The predicted molar refractivity (Wildman–Crippen MR) is 110 cm³/mol. The normalized spacial score (nSPS) is 24.8. The Hall–Kier alpha value is -2.04. The molecule has 0 bridgehead atoms. The van der Waals surface area contributed by atoms with E-state index in [2.05, 4.69) is 0 Å². The van der Waals surface area contributed by atoms with Gasteiger partial charge < -0.3 is 4.90 Å². The second-order valence-corrected chi connectivity index (χ2v) is 12.0. The highest BCUT2D eigenvalue weighted by Crippen LogP contribution is 2.30. The van der Waals surface area contributed by atoms with Gasteiger partial charge in [0, 0.05) is 32.2 Å². The Bertz CT molecular complexity index is 1130. The van der Waals surface area contributed by atoms with Gasteiger partial charge >= 0.3 is 0 Å². The maximum Gasteiger partial charge on any atom is 0.183 e. The molecule has 2 fully saturated rings.